The Bertz CT molecular complexity index is 698. The third-order valence-corrected chi connectivity index (χ3v) is 3.59. The molecule has 122 valence electrons. The van der Waals surface area contributed by atoms with Crippen molar-refractivity contribution in [2.75, 3.05) is 0 Å². The Balaban J connectivity index is 2.21. The van der Waals surface area contributed by atoms with Crippen LogP contribution < -0.4 is 4.74 Å². The van der Waals surface area contributed by atoms with Gasteiger partial charge in [-0.05, 0) is 50.4 Å². The predicted octanol–water partition coefficient (Wildman–Crippen LogP) is 4.24. The molecule has 0 N–H and O–H groups in total. The summed E-state index contributed by atoms with van der Waals surface area (Å²) in [5, 5.41) is 0.0384. The van der Waals surface area contributed by atoms with Gasteiger partial charge in [-0.1, -0.05) is 24.3 Å². The molecule has 0 spiro atoms. The number of benzene rings is 1. The van der Waals surface area contributed by atoms with Crippen LogP contribution in [0.15, 0.2) is 36.5 Å². The molecular weight excluding hydrogens is 314 g/mol. The summed E-state index contributed by atoms with van der Waals surface area (Å²) >= 11 is 5.72. The number of aryl methyl sites for hydroxylation is 1. The van der Waals surface area contributed by atoms with Gasteiger partial charge in [-0.25, -0.2) is 9.78 Å². The molecule has 1 heterocycles. The molecule has 0 bridgehead atoms. The Kier molecular flexibility index (Phi) is 5.21. The third kappa shape index (κ3) is 4.66. The minimum Gasteiger partial charge on any atom is -0.391 e. The van der Waals surface area contributed by atoms with Gasteiger partial charge in [-0.15, -0.1) is 0 Å². The summed E-state index contributed by atoms with van der Waals surface area (Å²) < 4.78 is 5.35. The van der Waals surface area contributed by atoms with E-state index < -0.39 is 11.6 Å². The van der Waals surface area contributed by atoms with Gasteiger partial charge in [0.05, 0.1) is 0 Å². The van der Waals surface area contributed by atoms with E-state index in [0.29, 0.717) is 6.54 Å². The second-order valence-corrected chi connectivity index (χ2v) is 6.55. The minimum atomic E-state index is -0.476. The first-order chi connectivity index (χ1) is 10.8. The first kappa shape index (κ1) is 17.2. The molecule has 0 aliphatic heterocycles. The maximum Gasteiger partial charge on any atom is 0.417 e. The van der Waals surface area contributed by atoms with Crippen LogP contribution >= 0.6 is 11.6 Å². The Morgan fingerprint density at radius 1 is 1.26 bits per heavy atom. The average Bonchev–Trinajstić information content (AvgIpc) is 2.45. The largest absolute Gasteiger partial charge is 0.417 e. The lowest BCUT2D eigenvalue weighted by Crippen LogP contribution is -2.46. The highest BCUT2D eigenvalue weighted by Gasteiger charge is 2.29. The van der Waals surface area contributed by atoms with Crippen LogP contribution in [0.25, 0.3) is 0 Å². The highest BCUT2D eigenvalue weighted by molar-refractivity contribution is 6.28. The second-order valence-electron chi connectivity index (χ2n) is 6.22. The Morgan fingerprint density at radius 2 is 1.96 bits per heavy atom. The minimum absolute atomic E-state index is 0.0384. The molecule has 5 nitrogen and oxygen atoms in total. The highest BCUT2D eigenvalue weighted by Crippen LogP contribution is 2.21. The number of halogens is 1. The number of carbonyl (C=O) groups excluding carboxylic acids is 1. The van der Waals surface area contributed by atoms with Crippen molar-refractivity contribution < 1.29 is 9.53 Å². The molecule has 0 aliphatic rings. The van der Waals surface area contributed by atoms with Gasteiger partial charge in [0.15, 0.2) is 0 Å². The van der Waals surface area contributed by atoms with Crippen LogP contribution in [-0.2, 0) is 6.54 Å². The molecule has 2 rings (SSSR count). The third-order valence-electron chi connectivity index (χ3n) is 3.41. The molecule has 0 saturated heterocycles. The zero-order valence-electron chi connectivity index (χ0n) is 13.7. The van der Waals surface area contributed by atoms with Crippen molar-refractivity contribution >= 4 is 17.7 Å². The summed E-state index contributed by atoms with van der Waals surface area (Å²) in [5.74, 6) is 0.133. The topological polar surface area (TPSA) is 55.3 Å². The average molecular weight is 334 g/mol. The molecule has 0 radical (unpaired) electrons. The van der Waals surface area contributed by atoms with Crippen molar-refractivity contribution in [1.29, 1.82) is 0 Å². The summed E-state index contributed by atoms with van der Waals surface area (Å²) in [7, 11) is 0. The van der Waals surface area contributed by atoms with E-state index in [1.807, 2.05) is 52.0 Å². The normalized spacial score (nSPS) is 11.2. The summed E-state index contributed by atoms with van der Waals surface area (Å²) in [6, 6.07) is 9.45. The SMILES string of the molecule is Cc1ccccc1CN(C(=O)Oc1ccnc(Cl)n1)C(C)(C)C. The van der Waals surface area contributed by atoms with Crippen molar-refractivity contribution in [3.05, 3.63) is 52.9 Å². The Morgan fingerprint density at radius 3 is 2.57 bits per heavy atom. The van der Waals surface area contributed by atoms with Crippen molar-refractivity contribution in [2.24, 2.45) is 0 Å². The fourth-order valence-corrected chi connectivity index (χ4v) is 2.19. The van der Waals surface area contributed by atoms with Crippen LogP contribution in [0.3, 0.4) is 0 Å². The zero-order valence-corrected chi connectivity index (χ0v) is 14.5. The van der Waals surface area contributed by atoms with Crippen LogP contribution in [0, 0.1) is 6.92 Å². The van der Waals surface area contributed by atoms with Crippen molar-refractivity contribution in [3.8, 4) is 5.88 Å². The predicted molar refractivity (Wildman–Crippen MR) is 89.5 cm³/mol. The lowest BCUT2D eigenvalue weighted by Gasteiger charge is -2.34. The molecule has 0 unspecified atom stereocenters. The second kappa shape index (κ2) is 6.96. The fraction of sp³-hybridized carbons (Fsp3) is 0.353. The van der Waals surface area contributed by atoms with Crippen LogP contribution in [-0.4, -0.2) is 26.5 Å². The van der Waals surface area contributed by atoms with E-state index in [2.05, 4.69) is 9.97 Å². The molecule has 2 aromatic rings. The molecular formula is C17H20ClN3O2. The Labute approximate surface area is 141 Å². The molecule has 0 atom stereocenters. The number of aromatic nitrogens is 2. The number of rotatable bonds is 3. The summed E-state index contributed by atoms with van der Waals surface area (Å²) in [6.07, 6.45) is 0.969. The van der Waals surface area contributed by atoms with E-state index in [1.165, 1.54) is 12.3 Å². The molecule has 1 amide bonds. The lowest BCUT2D eigenvalue weighted by atomic mass is 10.0. The van der Waals surface area contributed by atoms with Crippen LogP contribution in [0.2, 0.25) is 5.28 Å². The van der Waals surface area contributed by atoms with Crippen LogP contribution in [0.4, 0.5) is 4.79 Å². The zero-order chi connectivity index (χ0) is 17.0. The number of amides is 1. The van der Waals surface area contributed by atoms with Gasteiger partial charge in [0.2, 0.25) is 11.2 Å². The highest BCUT2D eigenvalue weighted by atomic mass is 35.5. The van der Waals surface area contributed by atoms with Gasteiger partial charge in [-0.2, -0.15) is 4.98 Å². The van der Waals surface area contributed by atoms with E-state index in [-0.39, 0.29) is 11.2 Å². The van der Waals surface area contributed by atoms with Gasteiger partial charge in [0, 0.05) is 24.3 Å². The van der Waals surface area contributed by atoms with Crippen molar-refractivity contribution in [2.45, 2.75) is 39.8 Å². The maximum atomic E-state index is 12.6. The number of carbonyl (C=O) groups is 1. The van der Waals surface area contributed by atoms with Gasteiger partial charge >= 0.3 is 6.09 Å². The number of nitrogens with zero attached hydrogens (tertiary/aromatic N) is 3. The summed E-state index contributed by atoms with van der Waals surface area (Å²) in [4.78, 5) is 21.9. The molecule has 0 fully saturated rings. The first-order valence-electron chi connectivity index (χ1n) is 7.30. The van der Waals surface area contributed by atoms with E-state index >= 15 is 0 Å². The van der Waals surface area contributed by atoms with E-state index in [4.69, 9.17) is 16.3 Å². The summed E-state index contributed by atoms with van der Waals surface area (Å²) in [5.41, 5.74) is 1.79. The van der Waals surface area contributed by atoms with E-state index in [1.54, 1.807) is 4.90 Å². The van der Waals surface area contributed by atoms with Crippen molar-refractivity contribution in [1.82, 2.24) is 14.9 Å². The van der Waals surface area contributed by atoms with Crippen molar-refractivity contribution in [3.63, 3.8) is 0 Å². The standard InChI is InChI=1S/C17H20ClN3O2/c1-12-7-5-6-8-13(12)11-21(17(2,3)4)16(22)23-14-9-10-19-15(18)20-14/h5-10H,11H2,1-4H3. The fourth-order valence-electron chi connectivity index (χ4n) is 2.05. The Hall–Kier alpha value is -2.14. The molecule has 6 heteroatoms. The van der Waals surface area contributed by atoms with E-state index in [0.717, 1.165) is 11.1 Å². The molecule has 0 aliphatic carbocycles. The quantitative estimate of drug-likeness (QED) is 0.788. The number of hydrogen-bond acceptors (Lipinski definition) is 4. The lowest BCUT2D eigenvalue weighted by molar-refractivity contribution is 0.100. The summed E-state index contributed by atoms with van der Waals surface area (Å²) in [6.45, 7) is 8.35. The van der Waals surface area contributed by atoms with Gasteiger partial charge in [0.25, 0.3) is 0 Å². The van der Waals surface area contributed by atoms with Crippen LogP contribution in [0.1, 0.15) is 31.9 Å². The smallest absolute Gasteiger partial charge is 0.391 e. The first-order valence-corrected chi connectivity index (χ1v) is 7.67. The molecule has 1 aromatic carbocycles. The number of hydrogen-bond donors (Lipinski definition) is 0. The molecule has 1 aromatic heterocycles. The van der Waals surface area contributed by atoms with E-state index in [9.17, 15) is 4.79 Å². The van der Waals surface area contributed by atoms with Crippen LogP contribution in [0.5, 0.6) is 5.88 Å². The van der Waals surface area contributed by atoms with Gasteiger partial charge in [0.1, 0.15) is 0 Å². The van der Waals surface area contributed by atoms with Gasteiger partial charge < -0.3 is 4.74 Å². The van der Waals surface area contributed by atoms with Gasteiger partial charge in [-0.3, -0.25) is 4.90 Å². The number of ether oxygens (including phenoxy) is 1. The molecule has 0 saturated carbocycles. The maximum absolute atomic E-state index is 12.6. The monoisotopic (exact) mass is 333 g/mol. The molecule has 23 heavy (non-hydrogen) atoms.